The second kappa shape index (κ2) is 10.6. The molecule has 0 spiro atoms. The molecule has 42 heavy (non-hydrogen) atoms. The number of anilines is 2. The summed E-state index contributed by atoms with van der Waals surface area (Å²) >= 11 is 13.5. The average Bonchev–Trinajstić information content (AvgIpc) is 3.38. The Morgan fingerprint density at radius 3 is 2.57 bits per heavy atom. The number of benzene rings is 2. The Labute approximate surface area is 253 Å². The summed E-state index contributed by atoms with van der Waals surface area (Å²) in [5.74, 6) is 1.03. The molecule has 3 aromatic heterocycles. The van der Waals surface area contributed by atoms with Crippen LogP contribution in [-0.4, -0.2) is 36.7 Å². The number of aryl methyl sites for hydroxylation is 1. The normalized spacial score (nSPS) is 14.9. The largest absolute Gasteiger partial charge is 0.423 e. The molecule has 1 aliphatic rings. The standard InChI is InChI=1S/C30H29Cl2N9O/c1-17-37-39-28(42-17)30(9-10-30)41-15-24(38-40-41)27(20-7-5-6-8-22(20)31)36-19-11-21-25(35-16-29(2,3)4)18(13-33)14-34-26(21)23(32)12-19/h5-8,11-12,14-15,27,36H,9-10,16H2,1-4H3,(H,34,35). The molecule has 0 aliphatic heterocycles. The highest BCUT2D eigenvalue weighted by molar-refractivity contribution is 6.36. The Hall–Kier alpha value is -4.20. The van der Waals surface area contributed by atoms with Gasteiger partial charge >= 0.3 is 0 Å². The van der Waals surface area contributed by atoms with Crippen LogP contribution in [0.2, 0.25) is 10.0 Å². The van der Waals surface area contributed by atoms with E-state index < -0.39 is 11.6 Å². The van der Waals surface area contributed by atoms with Crippen LogP contribution in [0, 0.1) is 23.7 Å². The van der Waals surface area contributed by atoms with Crippen molar-refractivity contribution >= 4 is 45.5 Å². The van der Waals surface area contributed by atoms with E-state index >= 15 is 0 Å². The number of hydrogen-bond acceptors (Lipinski definition) is 9. The quantitative estimate of drug-likeness (QED) is 0.195. The van der Waals surface area contributed by atoms with E-state index in [2.05, 4.69) is 63.0 Å². The third-order valence-corrected chi connectivity index (χ3v) is 7.89. The van der Waals surface area contributed by atoms with E-state index in [1.54, 1.807) is 17.8 Å². The number of fused-ring (bicyclic) bond motifs is 1. The molecule has 2 aromatic carbocycles. The SMILES string of the molecule is Cc1nnc(C2(n3cc(C(Nc4cc(Cl)c5ncc(C#N)c(NCC(C)(C)C)c5c4)c4ccccc4Cl)nn3)CC2)o1. The lowest BCUT2D eigenvalue weighted by atomic mass is 9.96. The van der Waals surface area contributed by atoms with E-state index in [-0.39, 0.29) is 5.41 Å². The van der Waals surface area contributed by atoms with Crippen molar-refractivity contribution in [3.8, 4) is 6.07 Å². The summed E-state index contributed by atoms with van der Waals surface area (Å²) in [6, 6.07) is 13.1. The fourth-order valence-electron chi connectivity index (χ4n) is 4.92. The van der Waals surface area contributed by atoms with Crippen molar-refractivity contribution in [2.75, 3.05) is 17.2 Å². The summed E-state index contributed by atoms with van der Waals surface area (Å²) in [7, 11) is 0. The third kappa shape index (κ3) is 5.26. The fourth-order valence-corrected chi connectivity index (χ4v) is 5.43. The maximum absolute atomic E-state index is 9.85. The van der Waals surface area contributed by atoms with Crippen LogP contribution in [0.15, 0.2) is 53.2 Å². The second-order valence-electron chi connectivity index (χ2n) is 11.8. The van der Waals surface area contributed by atoms with Crippen LogP contribution < -0.4 is 10.6 Å². The Balaban J connectivity index is 1.42. The van der Waals surface area contributed by atoms with Crippen molar-refractivity contribution in [2.24, 2.45) is 5.41 Å². The first-order valence-electron chi connectivity index (χ1n) is 13.6. The summed E-state index contributed by atoms with van der Waals surface area (Å²) in [5.41, 5.74) is 3.39. The van der Waals surface area contributed by atoms with E-state index in [4.69, 9.17) is 27.6 Å². The zero-order chi connectivity index (χ0) is 29.6. The third-order valence-electron chi connectivity index (χ3n) is 7.26. The summed E-state index contributed by atoms with van der Waals surface area (Å²) in [6.45, 7) is 8.81. The molecule has 6 rings (SSSR count). The Kier molecular flexibility index (Phi) is 7.03. The Bertz CT molecular complexity index is 1830. The van der Waals surface area contributed by atoms with E-state index in [0.29, 0.717) is 56.5 Å². The van der Waals surface area contributed by atoms with Crippen LogP contribution in [0.5, 0.6) is 0 Å². The first kappa shape index (κ1) is 27.9. The number of rotatable bonds is 8. The van der Waals surface area contributed by atoms with E-state index in [9.17, 15) is 5.26 Å². The minimum atomic E-state index is -0.503. The Morgan fingerprint density at radius 1 is 1.12 bits per heavy atom. The molecule has 1 atom stereocenters. The highest BCUT2D eigenvalue weighted by Crippen LogP contribution is 2.48. The van der Waals surface area contributed by atoms with Crippen LogP contribution in [0.1, 0.15) is 68.3 Å². The maximum atomic E-state index is 9.85. The van der Waals surface area contributed by atoms with Gasteiger partial charge in [0, 0.05) is 35.8 Å². The van der Waals surface area contributed by atoms with Crippen LogP contribution in [-0.2, 0) is 5.54 Å². The predicted molar refractivity (Wildman–Crippen MR) is 162 cm³/mol. The highest BCUT2D eigenvalue weighted by Gasteiger charge is 2.52. The molecule has 214 valence electrons. The minimum Gasteiger partial charge on any atom is -0.423 e. The van der Waals surface area contributed by atoms with Crippen LogP contribution in [0.25, 0.3) is 10.9 Å². The fraction of sp³-hybridized carbons (Fsp3) is 0.333. The van der Waals surface area contributed by atoms with E-state index in [0.717, 1.165) is 23.8 Å². The molecule has 1 unspecified atom stereocenters. The van der Waals surface area contributed by atoms with Gasteiger partial charge < -0.3 is 15.1 Å². The van der Waals surface area contributed by atoms with Gasteiger partial charge in [-0.05, 0) is 42.0 Å². The lowest BCUT2D eigenvalue weighted by Gasteiger charge is -2.22. The molecule has 0 radical (unpaired) electrons. The second-order valence-corrected chi connectivity index (χ2v) is 12.6. The zero-order valence-corrected chi connectivity index (χ0v) is 25.1. The van der Waals surface area contributed by atoms with Crippen molar-refractivity contribution in [1.82, 2.24) is 30.2 Å². The van der Waals surface area contributed by atoms with Gasteiger partial charge in [0.1, 0.15) is 17.3 Å². The smallest absolute Gasteiger partial charge is 0.244 e. The monoisotopic (exact) mass is 601 g/mol. The van der Waals surface area contributed by atoms with Crippen molar-refractivity contribution in [3.63, 3.8) is 0 Å². The number of nitriles is 1. The molecule has 12 heteroatoms. The van der Waals surface area contributed by atoms with Crippen molar-refractivity contribution in [2.45, 2.75) is 52.1 Å². The first-order chi connectivity index (χ1) is 20.1. The zero-order valence-electron chi connectivity index (χ0n) is 23.6. The summed E-state index contributed by atoms with van der Waals surface area (Å²) in [6.07, 6.45) is 5.08. The van der Waals surface area contributed by atoms with Gasteiger partial charge in [-0.25, -0.2) is 4.68 Å². The number of nitrogens with one attached hydrogen (secondary N) is 2. The van der Waals surface area contributed by atoms with Crippen molar-refractivity contribution < 1.29 is 4.42 Å². The molecule has 0 saturated heterocycles. The van der Waals surface area contributed by atoms with Crippen molar-refractivity contribution in [3.05, 3.63) is 87.4 Å². The summed E-state index contributed by atoms with van der Waals surface area (Å²) in [5, 5.41) is 35.9. The molecule has 2 N–H and O–H groups in total. The van der Waals surface area contributed by atoms with Crippen LogP contribution in [0.4, 0.5) is 11.4 Å². The molecule has 10 nitrogen and oxygen atoms in total. The van der Waals surface area contributed by atoms with Crippen LogP contribution >= 0.6 is 23.2 Å². The molecule has 1 fully saturated rings. The molecule has 1 aliphatic carbocycles. The summed E-state index contributed by atoms with van der Waals surface area (Å²) < 4.78 is 7.56. The summed E-state index contributed by atoms with van der Waals surface area (Å²) in [4.78, 5) is 4.49. The molecule has 3 heterocycles. The molecule has 0 bridgehead atoms. The molecular weight excluding hydrogens is 573 g/mol. The molecule has 0 amide bonds. The van der Waals surface area contributed by atoms with E-state index in [1.165, 1.54) is 0 Å². The first-order valence-corrected chi connectivity index (χ1v) is 14.3. The number of halogens is 2. The molecule has 1 saturated carbocycles. The lowest BCUT2D eigenvalue weighted by molar-refractivity contribution is 0.359. The maximum Gasteiger partial charge on any atom is 0.244 e. The number of pyridine rings is 1. The number of aromatic nitrogens is 6. The van der Waals surface area contributed by atoms with Crippen molar-refractivity contribution in [1.29, 1.82) is 5.26 Å². The van der Waals surface area contributed by atoms with Gasteiger partial charge in [-0.2, -0.15) is 5.26 Å². The number of hydrogen-bond donors (Lipinski definition) is 2. The topological polar surface area (TPSA) is 130 Å². The van der Waals surface area contributed by atoms with Gasteiger partial charge in [0.25, 0.3) is 0 Å². The molecule has 5 aromatic rings. The van der Waals surface area contributed by atoms with Crippen LogP contribution in [0.3, 0.4) is 0 Å². The average molecular weight is 603 g/mol. The van der Waals surface area contributed by atoms with Gasteiger partial charge in [0.2, 0.25) is 11.8 Å². The molecular formula is C30H29Cl2N9O. The Morgan fingerprint density at radius 2 is 1.90 bits per heavy atom. The van der Waals surface area contributed by atoms with Gasteiger partial charge in [-0.1, -0.05) is 67.4 Å². The van der Waals surface area contributed by atoms with Gasteiger partial charge in [-0.3, -0.25) is 4.98 Å². The number of nitrogens with zero attached hydrogens (tertiary/aromatic N) is 7. The van der Waals surface area contributed by atoms with E-state index in [1.807, 2.05) is 42.6 Å². The highest BCUT2D eigenvalue weighted by atomic mass is 35.5. The van der Waals surface area contributed by atoms with Gasteiger partial charge in [-0.15, -0.1) is 15.3 Å². The predicted octanol–water partition coefficient (Wildman–Crippen LogP) is 6.89. The van der Waals surface area contributed by atoms with Gasteiger partial charge in [0.05, 0.1) is 34.0 Å². The lowest BCUT2D eigenvalue weighted by Crippen LogP contribution is -2.20. The van der Waals surface area contributed by atoms with Gasteiger partial charge in [0.15, 0.2) is 0 Å². The minimum absolute atomic E-state index is 0.0121.